The average Bonchev–Trinajstić information content (AvgIpc) is 3.15. The quantitative estimate of drug-likeness (QED) is 0.438. The van der Waals surface area contributed by atoms with Crippen molar-refractivity contribution < 1.29 is 14.3 Å². The summed E-state index contributed by atoms with van der Waals surface area (Å²) in [5.74, 6) is 1.32. The fourth-order valence-electron chi connectivity index (χ4n) is 3.30. The second-order valence-electron chi connectivity index (χ2n) is 6.86. The molecular formula is C25H22N2O3S. The van der Waals surface area contributed by atoms with Gasteiger partial charge in [-0.15, -0.1) is 0 Å². The van der Waals surface area contributed by atoms with E-state index in [0.29, 0.717) is 10.4 Å². The lowest BCUT2D eigenvalue weighted by molar-refractivity contribution is 0.0998. The first-order chi connectivity index (χ1) is 15.1. The van der Waals surface area contributed by atoms with Gasteiger partial charge in [-0.05, 0) is 71.8 Å². The van der Waals surface area contributed by atoms with E-state index < -0.39 is 0 Å². The zero-order valence-electron chi connectivity index (χ0n) is 17.5. The Balaban J connectivity index is 1.88. The Labute approximate surface area is 184 Å². The van der Waals surface area contributed by atoms with Crippen LogP contribution in [0.25, 0.3) is 21.7 Å². The highest BCUT2D eigenvalue weighted by molar-refractivity contribution is 7.13. The van der Waals surface area contributed by atoms with Crippen molar-refractivity contribution in [2.24, 2.45) is 12.0 Å². The third kappa shape index (κ3) is 4.29. The van der Waals surface area contributed by atoms with Crippen LogP contribution in [0, 0.1) is 0 Å². The molecule has 3 aromatic carbocycles. The number of amides is 1. The molecule has 0 aliphatic heterocycles. The number of carbonyl (C=O) groups is 1. The normalized spacial score (nSPS) is 11.4. The maximum Gasteiger partial charge on any atom is 0.279 e. The van der Waals surface area contributed by atoms with Gasteiger partial charge >= 0.3 is 0 Å². The standard InChI is InChI=1S/C25H22N2O3S/c1-27-22(17-9-13-20(29-2)14-10-17)23(18-11-15-21(30-3)16-12-18)31-25(27)26-24(28)19-7-5-4-6-8-19/h4-16H,1-3H3. The van der Waals surface area contributed by atoms with E-state index in [9.17, 15) is 4.79 Å². The number of ether oxygens (including phenoxy) is 2. The fourth-order valence-corrected chi connectivity index (χ4v) is 4.44. The number of hydrogen-bond donors (Lipinski definition) is 0. The van der Waals surface area contributed by atoms with Crippen LogP contribution in [-0.2, 0) is 7.05 Å². The van der Waals surface area contributed by atoms with E-state index in [1.165, 1.54) is 11.3 Å². The number of aromatic nitrogens is 1. The number of carbonyl (C=O) groups excluding carboxylic acids is 1. The summed E-state index contributed by atoms with van der Waals surface area (Å²) in [4.78, 5) is 18.8. The molecule has 0 saturated carbocycles. The van der Waals surface area contributed by atoms with Gasteiger partial charge in [0.2, 0.25) is 0 Å². The molecule has 0 atom stereocenters. The molecule has 0 radical (unpaired) electrons. The molecule has 1 amide bonds. The minimum Gasteiger partial charge on any atom is -0.497 e. The highest BCUT2D eigenvalue weighted by Crippen LogP contribution is 2.35. The molecule has 0 N–H and O–H groups in total. The first-order valence-corrected chi connectivity index (χ1v) is 10.5. The van der Waals surface area contributed by atoms with E-state index in [1.54, 1.807) is 26.4 Å². The molecule has 156 valence electrons. The van der Waals surface area contributed by atoms with Crippen molar-refractivity contribution in [2.75, 3.05) is 14.2 Å². The number of benzene rings is 3. The van der Waals surface area contributed by atoms with Crippen molar-refractivity contribution in [2.45, 2.75) is 0 Å². The molecule has 0 bridgehead atoms. The summed E-state index contributed by atoms with van der Waals surface area (Å²) in [6.07, 6.45) is 0. The van der Waals surface area contributed by atoms with Gasteiger partial charge in [-0.1, -0.05) is 29.5 Å². The topological polar surface area (TPSA) is 52.8 Å². The van der Waals surface area contributed by atoms with Gasteiger partial charge < -0.3 is 14.0 Å². The largest absolute Gasteiger partial charge is 0.497 e. The van der Waals surface area contributed by atoms with E-state index in [-0.39, 0.29) is 5.91 Å². The lowest BCUT2D eigenvalue weighted by atomic mass is 10.1. The Hall–Kier alpha value is -3.64. The number of methoxy groups -OCH3 is 2. The van der Waals surface area contributed by atoms with E-state index in [2.05, 4.69) is 4.99 Å². The molecule has 1 heterocycles. The third-order valence-corrected chi connectivity index (χ3v) is 6.15. The number of nitrogens with zero attached hydrogens (tertiary/aromatic N) is 2. The van der Waals surface area contributed by atoms with Gasteiger partial charge in [0, 0.05) is 12.6 Å². The highest BCUT2D eigenvalue weighted by atomic mass is 32.1. The first kappa shape index (κ1) is 20.6. The average molecular weight is 431 g/mol. The molecule has 0 aliphatic rings. The third-order valence-electron chi connectivity index (χ3n) is 4.96. The maximum absolute atomic E-state index is 12.7. The van der Waals surface area contributed by atoms with Crippen molar-refractivity contribution in [1.82, 2.24) is 4.57 Å². The molecular weight excluding hydrogens is 408 g/mol. The van der Waals surface area contributed by atoms with Crippen LogP contribution in [0.5, 0.6) is 11.5 Å². The van der Waals surface area contributed by atoms with Crippen LogP contribution < -0.4 is 14.3 Å². The molecule has 0 spiro atoms. The van der Waals surface area contributed by atoms with E-state index in [0.717, 1.165) is 33.2 Å². The lowest BCUT2D eigenvalue weighted by Gasteiger charge is -2.09. The minimum absolute atomic E-state index is 0.264. The van der Waals surface area contributed by atoms with E-state index >= 15 is 0 Å². The predicted octanol–water partition coefficient (Wildman–Crippen LogP) is 5.18. The second kappa shape index (κ2) is 9.02. The number of hydrogen-bond acceptors (Lipinski definition) is 4. The molecule has 31 heavy (non-hydrogen) atoms. The lowest BCUT2D eigenvalue weighted by Crippen LogP contribution is -2.14. The Morgan fingerprint density at radius 1 is 0.806 bits per heavy atom. The summed E-state index contributed by atoms with van der Waals surface area (Å²) >= 11 is 1.48. The SMILES string of the molecule is COc1ccc(-c2sc(=NC(=O)c3ccccc3)n(C)c2-c2ccc(OC)cc2)cc1. The molecule has 0 aliphatic carbocycles. The van der Waals surface area contributed by atoms with Crippen molar-refractivity contribution in [1.29, 1.82) is 0 Å². The maximum atomic E-state index is 12.7. The monoisotopic (exact) mass is 430 g/mol. The predicted molar refractivity (Wildman–Crippen MR) is 124 cm³/mol. The Morgan fingerprint density at radius 2 is 1.35 bits per heavy atom. The molecule has 6 heteroatoms. The van der Waals surface area contributed by atoms with Gasteiger partial charge in [0.15, 0.2) is 4.80 Å². The molecule has 0 saturated heterocycles. The molecule has 4 aromatic rings. The summed E-state index contributed by atoms with van der Waals surface area (Å²) in [7, 11) is 5.23. The van der Waals surface area contributed by atoms with Crippen LogP contribution in [0.4, 0.5) is 0 Å². The van der Waals surface area contributed by atoms with Crippen molar-refractivity contribution >= 4 is 17.2 Å². The Bertz CT molecular complexity index is 1260. The van der Waals surface area contributed by atoms with E-state index in [4.69, 9.17) is 9.47 Å². The highest BCUT2D eigenvalue weighted by Gasteiger charge is 2.16. The van der Waals surface area contributed by atoms with Crippen LogP contribution >= 0.6 is 11.3 Å². The summed E-state index contributed by atoms with van der Waals surface area (Å²) in [6, 6.07) is 24.9. The molecule has 5 nitrogen and oxygen atoms in total. The van der Waals surface area contributed by atoms with Crippen LogP contribution in [0.2, 0.25) is 0 Å². The molecule has 4 rings (SSSR count). The van der Waals surface area contributed by atoms with Gasteiger partial charge in [-0.25, -0.2) is 0 Å². The molecule has 1 aromatic heterocycles. The summed E-state index contributed by atoms with van der Waals surface area (Å²) < 4.78 is 12.6. The van der Waals surface area contributed by atoms with Crippen molar-refractivity contribution in [3.05, 3.63) is 89.2 Å². The van der Waals surface area contributed by atoms with Crippen molar-refractivity contribution in [3.63, 3.8) is 0 Å². The summed E-state index contributed by atoms with van der Waals surface area (Å²) in [6.45, 7) is 0. The van der Waals surface area contributed by atoms with Crippen LogP contribution in [0.1, 0.15) is 10.4 Å². The Morgan fingerprint density at radius 3 is 1.90 bits per heavy atom. The minimum atomic E-state index is -0.264. The number of rotatable bonds is 5. The van der Waals surface area contributed by atoms with Gasteiger partial charge in [-0.3, -0.25) is 4.79 Å². The van der Waals surface area contributed by atoms with Crippen LogP contribution in [0.15, 0.2) is 83.9 Å². The van der Waals surface area contributed by atoms with Crippen molar-refractivity contribution in [3.8, 4) is 33.2 Å². The van der Waals surface area contributed by atoms with Gasteiger partial charge in [0.25, 0.3) is 5.91 Å². The van der Waals surface area contributed by atoms with Gasteiger partial charge in [0.1, 0.15) is 11.5 Å². The number of thiazole rings is 1. The first-order valence-electron chi connectivity index (χ1n) is 9.73. The molecule has 0 unspecified atom stereocenters. The van der Waals surface area contributed by atoms with Crippen LogP contribution in [0.3, 0.4) is 0 Å². The van der Waals surface area contributed by atoms with Crippen LogP contribution in [-0.4, -0.2) is 24.7 Å². The second-order valence-corrected chi connectivity index (χ2v) is 7.84. The van der Waals surface area contributed by atoms with Gasteiger partial charge in [-0.2, -0.15) is 4.99 Å². The zero-order valence-corrected chi connectivity index (χ0v) is 18.3. The fraction of sp³-hybridized carbons (Fsp3) is 0.120. The molecule has 0 fully saturated rings. The van der Waals surface area contributed by atoms with Gasteiger partial charge in [0.05, 0.1) is 24.8 Å². The zero-order chi connectivity index (χ0) is 21.8. The summed E-state index contributed by atoms with van der Waals surface area (Å²) in [5, 5.41) is 0. The summed E-state index contributed by atoms with van der Waals surface area (Å²) in [5.41, 5.74) is 3.59. The smallest absolute Gasteiger partial charge is 0.279 e. The van der Waals surface area contributed by atoms with E-state index in [1.807, 2.05) is 78.3 Å². The Kier molecular flexibility index (Phi) is 6.00.